The van der Waals surface area contributed by atoms with Crippen molar-refractivity contribution in [3.63, 3.8) is 0 Å². The Hall–Kier alpha value is -0.170. The molecule has 1 N–H and O–H groups in total. The van der Waals surface area contributed by atoms with Gasteiger partial charge in [-0.05, 0) is 24.9 Å². The van der Waals surface area contributed by atoms with Gasteiger partial charge in [-0.1, -0.05) is 25.1 Å². The summed E-state index contributed by atoms with van der Waals surface area (Å²) in [4.78, 5) is 4.30. The van der Waals surface area contributed by atoms with E-state index in [0.29, 0.717) is 0 Å². The number of nitrogens with one attached hydrogen (secondary N) is 1. The highest BCUT2D eigenvalue weighted by molar-refractivity contribution is 8.00. The van der Waals surface area contributed by atoms with E-state index in [4.69, 9.17) is 4.74 Å². The van der Waals surface area contributed by atoms with E-state index in [2.05, 4.69) is 21.6 Å². The van der Waals surface area contributed by atoms with E-state index < -0.39 is 0 Å². The summed E-state index contributed by atoms with van der Waals surface area (Å²) < 4.78 is 10.7. The van der Waals surface area contributed by atoms with Gasteiger partial charge in [-0.25, -0.2) is 4.98 Å². The standard InChI is InChI=1S/C11H21N3OS2/c1-3-4-7-15-8-5-12-6-9-16-11-13-10(2)14-17-11/h12H,3-9H2,1-2H3. The van der Waals surface area contributed by atoms with E-state index in [9.17, 15) is 0 Å². The topological polar surface area (TPSA) is 47.0 Å². The van der Waals surface area contributed by atoms with Gasteiger partial charge in [0, 0.05) is 25.4 Å². The fourth-order valence-electron chi connectivity index (χ4n) is 1.16. The molecule has 0 aliphatic carbocycles. The largest absolute Gasteiger partial charge is 0.380 e. The Labute approximate surface area is 112 Å². The van der Waals surface area contributed by atoms with Gasteiger partial charge >= 0.3 is 0 Å². The molecule has 0 atom stereocenters. The molecule has 1 rings (SSSR count). The maximum atomic E-state index is 5.45. The molecule has 17 heavy (non-hydrogen) atoms. The Morgan fingerprint density at radius 2 is 2.24 bits per heavy atom. The summed E-state index contributed by atoms with van der Waals surface area (Å²) >= 11 is 3.23. The lowest BCUT2D eigenvalue weighted by molar-refractivity contribution is 0.133. The molecule has 0 saturated carbocycles. The molecule has 0 aromatic carbocycles. The third kappa shape index (κ3) is 7.70. The first-order chi connectivity index (χ1) is 8.33. The van der Waals surface area contributed by atoms with Gasteiger partial charge in [0.2, 0.25) is 0 Å². The predicted octanol–water partition coefficient (Wildman–Crippen LogP) is 2.34. The Morgan fingerprint density at radius 3 is 2.94 bits per heavy atom. The van der Waals surface area contributed by atoms with Gasteiger partial charge in [0.15, 0.2) is 4.34 Å². The summed E-state index contributed by atoms with van der Waals surface area (Å²) in [6.45, 7) is 7.71. The summed E-state index contributed by atoms with van der Waals surface area (Å²) in [5, 5.41) is 3.35. The quantitative estimate of drug-likeness (QED) is 0.524. The van der Waals surface area contributed by atoms with Crippen molar-refractivity contribution in [3.8, 4) is 0 Å². The second kappa shape index (κ2) is 9.82. The fraction of sp³-hybridized carbons (Fsp3) is 0.818. The highest BCUT2D eigenvalue weighted by Gasteiger charge is 1.99. The van der Waals surface area contributed by atoms with Gasteiger partial charge in [-0.15, -0.1) is 0 Å². The van der Waals surface area contributed by atoms with Crippen LogP contribution in [-0.4, -0.2) is 41.4 Å². The first kappa shape index (κ1) is 14.9. The molecular formula is C11H21N3OS2. The minimum absolute atomic E-state index is 0.808. The van der Waals surface area contributed by atoms with Crippen LogP contribution in [0.5, 0.6) is 0 Å². The average Bonchev–Trinajstić information content (AvgIpc) is 2.73. The van der Waals surface area contributed by atoms with Gasteiger partial charge in [0.1, 0.15) is 5.82 Å². The highest BCUT2D eigenvalue weighted by atomic mass is 32.2. The molecule has 0 radical (unpaired) electrons. The van der Waals surface area contributed by atoms with Crippen molar-refractivity contribution in [3.05, 3.63) is 5.82 Å². The van der Waals surface area contributed by atoms with Crippen molar-refractivity contribution in [1.82, 2.24) is 14.7 Å². The monoisotopic (exact) mass is 275 g/mol. The smallest absolute Gasteiger partial charge is 0.170 e. The molecule has 4 nitrogen and oxygen atoms in total. The summed E-state index contributed by atoms with van der Waals surface area (Å²) in [7, 11) is 0. The molecule has 0 fully saturated rings. The molecule has 0 unspecified atom stereocenters. The molecule has 6 heteroatoms. The summed E-state index contributed by atoms with van der Waals surface area (Å²) in [6, 6.07) is 0. The van der Waals surface area contributed by atoms with E-state index in [0.717, 1.165) is 48.6 Å². The lowest BCUT2D eigenvalue weighted by Gasteiger charge is -2.04. The van der Waals surface area contributed by atoms with Crippen molar-refractivity contribution < 1.29 is 4.74 Å². The highest BCUT2D eigenvalue weighted by Crippen LogP contribution is 2.18. The van der Waals surface area contributed by atoms with E-state index in [1.165, 1.54) is 18.0 Å². The van der Waals surface area contributed by atoms with Crippen LogP contribution in [-0.2, 0) is 4.74 Å². The zero-order chi connectivity index (χ0) is 12.3. The molecule has 0 aliphatic rings. The van der Waals surface area contributed by atoms with Gasteiger partial charge in [-0.3, -0.25) is 0 Å². The number of unbranched alkanes of at least 4 members (excludes halogenated alkanes) is 1. The van der Waals surface area contributed by atoms with Crippen molar-refractivity contribution in [2.45, 2.75) is 31.0 Å². The lowest BCUT2D eigenvalue weighted by Crippen LogP contribution is -2.22. The number of hydrogen-bond acceptors (Lipinski definition) is 6. The maximum absolute atomic E-state index is 5.45. The molecule has 0 bridgehead atoms. The Balaban J connectivity index is 1.84. The van der Waals surface area contributed by atoms with Crippen LogP contribution in [0.25, 0.3) is 0 Å². The first-order valence-electron chi connectivity index (χ1n) is 6.04. The van der Waals surface area contributed by atoms with Crippen molar-refractivity contribution in [2.75, 3.05) is 32.1 Å². The maximum Gasteiger partial charge on any atom is 0.170 e. The van der Waals surface area contributed by atoms with E-state index in [1.54, 1.807) is 11.8 Å². The molecule has 98 valence electrons. The van der Waals surface area contributed by atoms with Crippen molar-refractivity contribution >= 4 is 23.3 Å². The molecule has 0 aliphatic heterocycles. The van der Waals surface area contributed by atoms with Gasteiger partial charge in [0.05, 0.1) is 6.61 Å². The predicted molar refractivity (Wildman–Crippen MR) is 74.0 cm³/mol. The van der Waals surface area contributed by atoms with Crippen LogP contribution in [0.3, 0.4) is 0 Å². The molecule has 1 heterocycles. The summed E-state index contributed by atoms with van der Waals surface area (Å²) in [5.74, 6) is 1.90. The normalized spacial score (nSPS) is 10.9. The van der Waals surface area contributed by atoms with Crippen LogP contribution in [0, 0.1) is 6.92 Å². The van der Waals surface area contributed by atoms with Gasteiger partial charge in [0.25, 0.3) is 0 Å². The van der Waals surface area contributed by atoms with E-state index in [1.807, 2.05) is 6.92 Å². The van der Waals surface area contributed by atoms with Crippen molar-refractivity contribution in [1.29, 1.82) is 0 Å². The van der Waals surface area contributed by atoms with Crippen LogP contribution in [0.2, 0.25) is 0 Å². The number of rotatable bonds is 10. The number of aromatic nitrogens is 2. The molecule has 0 amide bonds. The van der Waals surface area contributed by atoms with Gasteiger partial charge in [-0.2, -0.15) is 4.37 Å². The minimum Gasteiger partial charge on any atom is -0.380 e. The van der Waals surface area contributed by atoms with E-state index >= 15 is 0 Å². The van der Waals surface area contributed by atoms with Crippen LogP contribution in [0.1, 0.15) is 25.6 Å². The zero-order valence-electron chi connectivity index (χ0n) is 10.6. The molecule has 0 spiro atoms. The summed E-state index contributed by atoms with van der Waals surface area (Å²) in [5.41, 5.74) is 0. The first-order valence-corrected chi connectivity index (χ1v) is 7.80. The van der Waals surface area contributed by atoms with Crippen LogP contribution < -0.4 is 5.32 Å². The van der Waals surface area contributed by atoms with Crippen molar-refractivity contribution in [2.24, 2.45) is 0 Å². The van der Waals surface area contributed by atoms with E-state index in [-0.39, 0.29) is 0 Å². The third-order valence-corrected chi connectivity index (χ3v) is 4.01. The molecule has 1 aromatic rings. The Bertz CT molecular complexity index is 294. The SMILES string of the molecule is CCCCOCCNCCSc1nc(C)ns1. The molecule has 0 saturated heterocycles. The second-order valence-corrected chi connectivity index (χ2v) is 5.77. The van der Waals surface area contributed by atoms with Crippen LogP contribution in [0.15, 0.2) is 4.34 Å². The Morgan fingerprint density at radius 1 is 1.35 bits per heavy atom. The lowest BCUT2D eigenvalue weighted by atomic mass is 10.4. The number of nitrogens with zero attached hydrogens (tertiary/aromatic N) is 2. The summed E-state index contributed by atoms with van der Waals surface area (Å²) in [6.07, 6.45) is 2.36. The number of thioether (sulfide) groups is 1. The zero-order valence-corrected chi connectivity index (χ0v) is 12.2. The number of aryl methyl sites for hydroxylation is 1. The number of ether oxygens (including phenoxy) is 1. The third-order valence-electron chi connectivity index (χ3n) is 2.08. The fourth-order valence-corrected chi connectivity index (χ4v) is 2.78. The minimum atomic E-state index is 0.808. The Kier molecular flexibility index (Phi) is 8.60. The molecule has 1 aromatic heterocycles. The van der Waals surface area contributed by atoms with Gasteiger partial charge < -0.3 is 10.1 Å². The second-order valence-electron chi connectivity index (χ2n) is 3.67. The van der Waals surface area contributed by atoms with Crippen LogP contribution >= 0.6 is 23.3 Å². The number of hydrogen-bond donors (Lipinski definition) is 1. The van der Waals surface area contributed by atoms with Crippen LogP contribution in [0.4, 0.5) is 0 Å². The average molecular weight is 275 g/mol. The molecular weight excluding hydrogens is 254 g/mol.